The maximum absolute atomic E-state index is 5.37. The SMILES string of the molecule is Cc1cc(CN2CCN(C(c3ccccc3)c3ccccc3)CC2)on1. The van der Waals surface area contributed by atoms with E-state index in [1.807, 2.05) is 13.0 Å². The summed E-state index contributed by atoms with van der Waals surface area (Å²) >= 11 is 0. The summed E-state index contributed by atoms with van der Waals surface area (Å²) in [6.07, 6.45) is 0. The molecular weight excluding hydrogens is 322 g/mol. The van der Waals surface area contributed by atoms with E-state index in [0.717, 1.165) is 44.2 Å². The molecule has 0 unspecified atom stereocenters. The number of piperazine rings is 1. The van der Waals surface area contributed by atoms with Crippen molar-refractivity contribution in [2.75, 3.05) is 26.2 Å². The normalized spacial score (nSPS) is 16.2. The lowest BCUT2D eigenvalue weighted by molar-refractivity contribution is 0.0979. The first-order chi connectivity index (χ1) is 12.8. The molecule has 1 aliphatic heterocycles. The molecule has 1 saturated heterocycles. The minimum Gasteiger partial charge on any atom is -0.360 e. The molecule has 0 radical (unpaired) electrons. The van der Waals surface area contributed by atoms with Crippen molar-refractivity contribution in [3.05, 3.63) is 89.3 Å². The van der Waals surface area contributed by atoms with Crippen LogP contribution in [0.2, 0.25) is 0 Å². The van der Waals surface area contributed by atoms with Gasteiger partial charge in [-0.1, -0.05) is 65.8 Å². The number of nitrogens with zero attached hydrogens (tertiary/aromatic N) is 3. The van der Waals surface area contributed by atoms with E-state index in [1.54, 1.807) is 0 Å². The van der Waals surface area contributed by atoms with Gasteiger partial charge in [0.15, 0.2) is 5.76 Å². The molecule has 2 heterocycles. The highest BCUT2D eigenvalue weighted by molar-refractivity contribution is 5.32. The zero-order valence-corrected chi connectivity index (χ0v) is 15.2. The highest BCUT2D eigenvalue weighted by Crippen LogP contribution is 2.29. The lowest BCUT2D eigenvalue weighted by Crippen LogP contribution is -2.47. The molecule has 1 fully saturated rings. The number of aromatic nitrogens is 1. The fourth-order valence-electron chi connectivity index (χ4n) is 3.78. The summed E-state index contributed by atoms with van der Waals surface area (Å²) < 4.78 is 5.37. The first-order valence-corrected chi connectivity index (χ1v) is 9.28. The Morgan fingerprint density at radius 2 is 1.46 bits per heavy atom. The van der Waals surface area contributed by atoms with Crippen molar-refractivity contribution in [2.45, 2.75) is 19.5 Å². The average Bonchev–Trinajstić information content (AvgIpc) is 3.10. The summed E-state index contributed by atoms with van der Waals surface area (Å²) in [5.41, 5.74) is 3.67. The zero-order chi connectivity index (χ0) is 17.8. The van der Waals surface area contributed by atoms with Gasteiger partial charge in [0.25, 0.3) is 0 Å². The van der Waals surface area contributed by atoms with E-state index in [-0.39, 0.29) is 0 Å². The summed E-state index contributed by atoms with van der Waals surface area (Å²) in [7, 11) is 0. The van der Waals surface area contributed by atoms with Crippen molar-refractivity contribution in [3.63, 3.8) is 0 Å². The van der Waals surface area contributed by atoms with E-state index in [1.165, 1.54) is 11.1 Å². The number of aryl methyl sites for hydroxylation is 1. The van der Waals surface area contributed by atoms with Crippen LogP contribution in [0.5, 0.6) is 0 Å². The van der Waals surface area contributed by atoms with Crippen LogP contribution in [-0.2, 0) is 6.54 Å². The van der Waals surface area contributed by atoms with E-state index in [0.29, 0.717) is 6.04 Å². The van der Waals surface area contributed by atoms with Gasteiger partial charge in [0.2, 0.25) is 0 Å². The number of hydrogen-bond acceptors (Lipinski definition) is 4. The Labute approximate surface area is 155 Å². The van der Waals surface area contributed by atoms with Crippen molar-refractivity contribution in [3.8, 4) is 0 Å². The van der Waals surface area contributed by atoms with E-state index >= 15 is 0 Å². The van der Waals surface area contributed by atoms with E-state index < -0.39 is 0 Å². The number of rotatable bonds is 5. The molecule has 1 aromatic heterocycles. The van der Waals surface area contributed by atoms with E-state index in [2.05, 4.69) is 75.6 Å². The van der Waals surface area contributed by atoms with Crippen LogP contribution in [0.25, 0.3) is 0 Å². The smallest absolute Gasteiger partial charge is 0.150 e. The Morgan fingerprint density at radius 3 is 1.96 bits per heavy atom. The Kier molecular flexibility index (Phi) is 5.14. The third-order valence-corrected chi connectivity index (χ3v) is 5.06. The number of benzene rings is 2. The molecule has 2 aromatic carbocycles. The molecule has 26 heavy (non-hydrogen) atoms. The van der Waals surface area contributed by atoms with Crippen LogP contribution in [0.4, 0.5) is 0 Å². The predicted molar refractivity (Wildman–Crippen MR) is 103 cm³/mol. The molecule has 4 nitrogen and oxygen atoms in total. The summed E-state index contributed by atoms with van der Waals surface area (Å²) in [5.74, 6) is 0.957. The minimum atomic E-state index is 0.312. The second kappa shape index (κ2) is 7.85. The molecule has 0 amide bonds. The molecule has 0 atom stereocenters. The third-order valence-electron chi connectivity index (χ3n) is 5.06. The lowest BCUT2D eigenvalue weighted by atomic mass is 9.96. The van der Waals surface area contributed by atoms with Crippen molar-refractivity contribution in [2.24, 2.45) is 0 Å². The molecule has 0 saturated carbocycles. The fraction of sp³-hybridized carbons (Fsp3) is 0.318. The Morgan fingerprint density at radius 1 is 0.885 bits per heavy atom. The molecule has 0 N–H and O–H groups in total. The molecule has 134 valence electrons. The van der Waals surface area contributed by atoms with Crippen LogP contribution in [0.3, 0.4) is 0 Å². The first-order valence-electron chi connectivity index (χ1n) is 9.28. The second-order valence-electron chi connectivity index (χ2n) is 6.97. The topological polar surface area (TPSA) is 32.5 Å². The maximum atomic E-state index is 5.37. The monoisotopic (exact) mass is 347 g/mol. The maximum Gasteiger partial charge on any atom is 0.150 e. The van der Waals surface area contributed by atoms with Gasteiger partial charge in [-0.25, -0.2) is 0 Å². The predicted octanol–water partition coefficient (Wildman–Crippen LogP) is 3.89. The van der Waals surface area contributed by atoms with Gasteiger partial charge in [-0.2, -0.15) is 0 Å². The molecule has 4 heteroatoms. The lowest BCUT2D eigenvalue weighted by Gasteiger charge is -2.39. The highest BCUT2D eigenvalue weighted by atomic mass is 16.5. The van der Waals surface area contributed by atoms with E-state index in [4.69, 9.17) is 4.52 Å². The first kappa shape index (κ1) is 17.0. The van der Waals surface area contributed by atoms with Gasteiger partial charge in [0.05, 0.1) is 18.3 Å². The minimum absolute atomic E-state index is 0.312. The van der Waals surface area contributed by atoms with Crippen LogP contribution < -0.4 is 0 Å². The van der Waals surface area contributed by atoms with Crippen molar-refractivity contribution in [1.29, 1.82) is 0 Å². The quantitative estimate of drug-likeness (QED) is 0.701. The summed E-state index contributed by atoms with van der Waals surface area (Å²) in [4.78, 5) is 5.04. The molecule has 0 aliphatic carbocycles. The summed E-state index contributed by atoms with van der Waals surface area (Å²) in [6, 6.07) is 24.0. The van der Waals surface area contributed by atoms with Gasteiger partial charge in [-0.05, 0) is 18.1 Å². The van der Waals surface area contributed by atoms with E-state index in [9.17, 15) is 0 Å². The molecule has 3 aromatic rings. The standard InChI is InChI=1S/C22H25N3O/c1-18-16-21(26-23-18)17-24-12-14-25(15-13-24)22(19-8-4-2-5-9-19)20-10-6-3-7-11-20/h2-11,16,22H,12-15,17H2,1H3. The van der Waals surface area contributed by atoms with Crippen LogP contribution in [-0.4, -0.2) is 41.1 Å². The zero-order valence-electron chi connectivity index (χ0n) is 15.2. The van der Waals surface area contributed by atoms with Crippen LogP contribution >= 0.6 is 0 Å². The van der Waals surface area contributed by atoms with Gasteiger partial charge < -0.3 is 4.52 Å². The molecule has 0 spiro atoms. The summed E-state index contributed by atoms with van der Waals surface area (Å²) in [6.45, 7) is 6.97. The van der Waals surface area contributed by atoms with Crippen LogP contribution in [0, 0.1) is 6.92 Å². The van der Waals surface area contributed by atoms with Gasteiger partial charge in [0, 0.05) is 32.2 Å². The fourth-order valence-corrected chi connectivity index (χ4v) is 3.78. The van der Waals surface area contributed by atoms with Crippen molar-refractivity contribution < 1.29 is 4.52 Å². The Hall–Kier alpha value is -2.43. The number of hydrogen-bond donors (Lipinski definition) is 0. The second-order valence-corrected chi connectivity index (χ2v) is 6.97. The third kappa shape index (κ3) is 3.87. The van der Waals surface area contributed by atoms with Gasteiger partial charge in [0.1, 0.15) is 0 Å². The van der Waals surface area contributed by atoms with Crippen LogP contribution in [0.1, 0.15) is 28.6 Å². The Bertz CT molecular complexity index is 768. The highest BCUT2D eigenvalue weighted by Gasteiger charge is 2.26. The molecule has 1 aliphatic rings. The van der Waals surface area contributed by atoms with Crippen molar-refractivity contribution in [1.82, 2.24) is 15.0 Å². The molecular formula is C22H25N3O. The van der Waals surface area contributed by atoms with Crippen molar-refractivity contribution >= 4 is 0 Å². The van der Waals surface area contributed by atoms with Gasteiger partial charge in [-0.15, -0.1) is 0 Å². The van der Waals surface area contributed by atoms with Gasteiger partial charge in [-0.3, -0.25) is 9.80 Å². The largest absolute Gasteiger partial charge is 0.360 e. The molecule has 4 rings (SSSR count). The van der Waals surface area contributed by atoms with Gasteiger partial charge >= 0.3 is 0 Å². The Balaban J connectivity index is 1.48. The molecule has 0 bridgehead atoms. The van der Waals surface area contributed by atoms with Crippen LogP contribution in [0.15, 0.2) is 71.3 Å². The average molecular weight is 347 g/mol. The summed E-state index contributed by atoms with van der Waals surface area (Å²) in [5, 5.41) is 3.99.